The third-order valence-corrected chi connectivity index (χ3v) is 2.79. The number of hydrogen-bond donors (Lipinski definition) is 1. The Kier molecular flexibility index (Phi) is 5.40. The first-order chi connectivity index (χ1) is 7.26. The average Bonchev–Trinajstić information content (AvgIpc) is 2.63. The number of unbranched alkanes of at least 4 members (excludes halogenated alkanes) is 2. The highest BCUT2D eigenvalue weighted by Crippen LogP contribution is 2.08. The SMILES string of the molecule is CCCCCC(Cc1ccn(C)n1)NC. The monoisotopic (exact) mass is 209 g/mol. The molecule has 3 nitrogen and oxygen atoms in total. The molecule has 1 rings (SSSR count). The van der Waals surface area contributed by atoms with Crippen LogP contribution in [0, 0.1) is 0 Å². The van der Waals surface area contributed by atoms with Crippen molar-refractivity contribution < 1.29 is 0 Å². The lowest BCUT2D eigenvalue weighted by Crippen LogP contribution is -2.27. The van der Waals surface area contributed by atoms with E-state index >= 15 is 0 Å². The van der Waals surface area contributed by atoms with Crippen LogP contribution in [0.25, 0.3) is 0 Å². The van der Waals surface area contributed by atoms with Crippen molar-refractivity contribution in [2.75, 3.05) is 7.05 Å². The Morgan fingerprint density at radius 2 is 2.27 bits per heavy atom. The van der Waals surface area contributed by atoms with Gasteiger partial charge in [0.15, 0.2) is 0 Å². The molecule has 0 aliphatic heterocycles. The molecule has 15 heavy (non-hydrogen) atoms. The Morgan fingerprint density at radius 1 is 1.47 bits per heavy atom. The van der Waals surface area contributed by atoms with Crippen LogP contribution in [0.4, 0.5) is 0 Å². The van der Waals surface area contributed by atoms with Gasteiger partial charge in [-0.1, -0.05) is 26.2 Å². The zero-order valence-corrected chi connectivity index (χ0v) is 10.2. The molecule has 1 unspecified atom stereocenters. The minimum absolute atomic E-state index is 0.575. The smallest absolute Gasteiger partial charge is 0.0639 e. The fraction of sp³-hybridized carbons (Fsp3) is 0.750. The van der Waals surface area contributed by atoms with Crippen LogP contribution in [0.5, 0.6) is 0 Å². The summed E-state index contributed by atoms with van der Waals surface area (Å²) in [5.74, 6) is 0. The highest BCUT2D eigenvalue weighted by molar-refractivity contribution is 5.01. The van der Waals surface area contributed by atoms with Crippen molar-refractivity contribution >= 4 is 0 Å². The van der Waals surface area contributed by atoms with Crippen LogP contribution < -0.4 is 5.32 Å². The van der Waals surface area contributed by atoms with Crippen molar-refractivity contribution in [1.29, 1.82) is 0 Å². The summed E-state index contributed by atoms with van der Waals surface area (Å²) < 4.78 is 1.87. The molecule has 1 heterocycles. The Labute approximate surface area is 92.9 Å². The summed E-state index contributed by atoms with van der Waals surface area (Å²) in [5.41, 5.74) is 1.19. The second-order valence-corrected chi connectivity index (χ2v) is 4.17. The number of nitrogens with one attached hydrogen (secondary N) is 1. The molecule has 86 valence electrons. The maximum Gasteiger partial charge on any atom is 0.0639 e. The van der Waals surface area contributed by atoms with E-state index in [2.05, 4.69) is 23.4 Å². The molecule has 0 aromatic carbocycles. The molecule has 0 bridgehead atoms. The molecule has 1 N–H and O–H groups in total. The number of rotatable bonds is 7. The van der Waals surface area contributed by atoms with Gasteiger partial charge in [-0.25, -0.2) is 0 Å². The van der Waals surface area contributed by atoms with E-state index in [4.69, 9.17) is 0 Å². The summed E-state index contributed by atoms with van der Waals surface area (Å²) in [6, 6.07) is 2.68. The van der Waals surface area contributed by atoms with Gasteiger partial charge in [-0.2, -0.15) is 5.10 Å². The minimum atomic E-state index is 0.575. The van der Waals surface area contributed by atoms with Crippen LogP contribution in [0.2, 0.25) is 0 Å². The molecule has 3 heteroatoms. The van der Waals surface area contributed by atoms with Gasteiger partial charge >= 0.3 is 0 Å². The lowest BCUT2D eigenvalue weighted by molar-refractivity contribution is 0.484. The van der Waals surface area contributed by atoms with Gasteiger partial charge in [0, 0.05) is 25.7 Å². The van der Waals surface area contributed by atoms with E-state index in [9.17, 15) is 0 Å². The molecule has 1 atom stereocenters. The van der Waals surface area contributed by atoms with Gasteiger partial charge in [0.25, 0.3) is 0 Å². The average molecular weight is 209 g/mol. The lowest BCUT2D eigenvalue weighted by atomic mass is 10.0. The normalized spacial score (nSPS) is 13.0. The summed E-state index contributed by atoms with van der Waals surface area (Å²) in [7, 11) is 4.01. The first-order valence-electron chi connectivity index (χ1n) is 5.92. The minimum Gasteiger partial charge on any atom is -0.317 e. The second-order valence-electron chi connectivity index (χ2n) is 4.17. The number of aromatic nitrogens is 2. The molecule has 0 radical (unpaired) electrons. The van der Waals surface area contributed by atoms with Gasteiger partial charge in [0.2, 0.25) is 0 Å². The largest absolute Gasteiger partial charge is 0.317 e. The van der Waals surface area contributed by atoms with Crippen LogP contribution >= 0.6 is 0 Å². The van der Waals surface area contributed by atoms with Gasteiger partial charge in [-0.05, 0) is 19.5 Å². The van der Waals surface area contributed by atoms with E-state index in [0.29, 0.717) is 6.04 Å². The third-order valence-electron chi connectivity index (χ3n) is 2.79. The Bertz CT molecular complexity index is 268. The van der Waals surface area contributed by atoms with E-state index < -0.39 is 0 Å². The lowest BCUT2D eigenvalue weighted by Gasteiger charge is -2.14. The van der Waals surface area contributed by atoms with E-state index in [0.717, 1.165) is 6.42 Å². The quantitative estimate of drug-likeness (QED) is 0.697. The fourth-order valence-electron chi connectivity index (χ4n) is 1.81. The molecule has 0 aliphatic carbocycles. The van der Waals surface area contributed by atoms with Crippen molar-refractivity contribution in [1.82, 2.24) is 15.1 Å². The summed E-state index contributed by atoms with van der Waals surface area (Å²) in [4.78, 5) is 0. The highest BCUT2D eigenvalue weighted by atomic mass is 15.2. The molecule has 0 aliphatic rings. The Morgan fingerprint density at radius 3 is 2.80 bits per heavy atom. The van der Waals surface area contributed by atoms with Crippen LogP contribution in [0.3, 0.4) is 0 Å². The predicted molar refractivity (Wildman–Crippen MR) is 63.9 cm³/mol. The zero-order valence-electron chi connectivity index (χ0n) is 10.2. The van der Waals surface area contributed by atoms with Gasteiger partial charge in [0.05, 0.1) is 5.69 Å². The molecule has 1 aromatic rings. The van der Waals surface area contributed by atoms with Gasteiger partial charge < -0.3 is 5.32 Å². The number of likely N-dealkylation sites (N-methyl/N-ethyl adjacent to an activating group) is 1. The number of aryl methyl sites for hydroxylation is 1. The molecule has 0 amide bonds. The second kappa shape index (κ2) is 6.62. The molecule has 0 spiro atoms. The number of nitrogens with zero attached hydrogens (tertiary/aromatic N) is 2. The summed E-state index contributed by atoms with van der Waals surface area (Å²) >= 11 is 0. The first kappa shape index (κ1) is 12.2. The van der Waals surface area contributed by atoms with Crippen LogP contribution in [-0.2, 0) is 13.5 Å². The first-order valence-corrected chi connectivity index (χ1v) is 5.92. The van der Waals surface area contributed by atoms with Crippen molar-refractivity contribution in [3.8, 4) is 0 Å². The highest BCUT2D eigenvalue weighted by Gasteiger charge is 2.08. The van der Waals surface area contributed by atoms with Crippen LogP contribution in [0.1, 0.15) is 38.3 Å². The van der Waals surface area contributed by atoms with Crippen molar-refractivity contribution in [3.63, 3.8) is 0 Å². The standard InChI is InChI=1S/C12H23N3/c1-4-5-6-7-11(13-2)10-12-8-9-15(3)14-12/h8-9,11,13H,4-7,10H2,1-3H3. The van der Waals surface area contributed by atoms with E-state index in [1.165, 1.54) is 31.4 Å². The van der Waals surface area contributed by atoms with Gasteiger partial charge in [-0.15, -0.1) is 0 Å². The van der Waals surface area contributed by atoms with E-state index in [-0.39, 0.29) is 0 Å². The predicted octanol–water partition coefficient (Wildman–Crippen LogP) is 2.13. The van der Waals surface area contributed by atoms with Crippen LogP contribution in [0.15, 0.2) is 12.3 Å². The van der Waals surface area contributed by atoms with E-state index in [1.54, 1.807) is 0 Å². The summed E-state index contributed by atoms with van der Waals surface area (Å²) in [6.45, 7) is 2.24. The Hall–Kier alpha value is -0.830. The third kappa shape index (κ3) is 4.47. The molecule has 0 saturated heterocycles. The molecule has 1 aromatic heterocycles. The molecule has 0 saturated carbocycles. The van der Waals surface area contributed by atoms with Gasteiger partial charge in [0.1, 0.15) is 0 Å². The fourth-order valence-corrected chi connectivity index (χ4v) is 1.81. The topological polar surface area (TPSA) is 29.9 Å². The van der Waals surface area contributed by atoms with Gasteiger partial charge in [-0.3, -0.25) is 4.68 Å². The van der Waals surface area contributed by atoms with Crippen molar-refractivity contribution in [3.05, 3.63) is 18.0 Å². The van der Waals surface area contributed by atoms with Crippen LogP contribution in [-0.4, -0.2) is 22.9 Å². The molecular weight excluding hydrogens is 186 g/mol. The molecular formula is C12H23N3. The summed E-state index contributed by atoms with van der Waals surface area (Å²) in [5, 5.41) is 7.77. The summed E-state index contributed by atoms with van der Waals surface area (Å²) in [6.07, 6.45) is 8.24. The van der Waals surface area contributed by atoms with Crippen molar-refractivity contribution in [2.45, 2.75) is 45.1 Å². The number of hydrogen-bond acceptors (Lipinski definition) is 2. The maximum atomic E-state index is 4.40. The molecule has 0 fully saturated rings. The Balaban J connectivity index is 2.33. The van der Waals surface area contributed by atoms with Crippen molar-refractivity contribution in [2.24, 2.45) is 7.05 Å². The zero-order chi connectivity index (χ0) is 11.1. The van der Waals surface area contributed by atoms with E-state index in [1.807, 2.05) is 25.0 Å². The maximum absolute atomic E-state index is 4.40.